The van der Waals surface area contributed by atoms with E-state index < -0.39 is 10.0 Å². The first-order valence-electron chi connectivity index (χ1n) is 7.53. The normalized spacial score (nSPS) is 20.0. The summed E-state index contributed by atoms with van der Waals surface area (Å²) in [5, 5.41) is 8.20. The monoisotopic (exact) mass is 339 g/mol. The van der Waals surface area contributed by atoms with Gasteiger partial charge in [0.25, 0.3) is 0 Å². The van der Waals surface area contributed by atoms with Gasteiger partial charge in [0.15, 0.2) is 5.76 Å². The summed E-state index contributed by atoms with van der Waals surface area (Å²) in [5.41, 5.74) is 1.67. The van der Waals surface area contributed by atoms with Gasteiger partial charge in [0, 0.05) is 37.5 Å². The van der Waals surface area contributed by atoms with Gasteiger partial charge in [-0.2, -0.15) is 5.10 Å². The van der Waals surface area contributed by atoms with Crippen molar-refractivity contribution >= 4 is 10.0 Å². The SMILES string of the molecule is Cn1cc(-c2cc(CN3CCC[C@@H](NS(C)(=O)=O)C3)on2)cn1. The highest BCUT2D eigenvalue weighted by Gasteiger charge is 2.23. The minimum absolute atomic E-state index is 0.0422. The van der Waals surface area contributed by atoms with Crippen LogP contribution in [0.5, 0.6) is 0 Å². The number of hydrogen-bond acceptors (Lipinski definition) is 6. The maximum Gasteiger partial charge on any atom is 0.208 e. The Morgan fingerprint density at radius 3 is 3.00 bits per heavy atom. The van der Waals surface area contributed by atoms with Gasteiger partial charge in [-0.25, -0.2) is 13.1 Å². The minimum Gasteiger partial charge on any atom is -0.359 e. The Balaban J connectivity index is 1.62. The molecule has 0 spiro atoms. The molecule has 2 aromatic rings. The average Bonchev–Trinajstić information content (AvgIpc) is 3.06. The lowest BCUT2D eigenvalue weighted by molar-refractivity contribution is 0.176. The molecule has 0 radical (unpaired) electrons. The number of sulfonamides is 1. The first-order valence-corrected chi connectivity index (χ1v) is 9.42. The number of likely N-dealkylation sites (tertiary alicyclic amines) is 1. The molecule has 0 amide bonds. The van der Waals surface area contributed by atoms with Gasteiger partial charge >= 0.3 is 0 Å². The van der Waals surface area contributed by atoms with E-state index >= 15 is 0 Å². The summed E-state index contributed by atoms with van der Waals surface area (Å²) in [5.74, 6) is 0.767. The summed E-state index contributed by atoms with van der Waals surface area (Å²) in [6.45, 7) is 2.22. The molecule has 126 valence electrons. The van der Waals surface area contributed by atoms with Gasteiger partial charge in [-0.3, -0.25) is 9.58 Å². The molecule has 2 aromatic heterocycles. The van der Waals surface area contributed by atoms with E-state index in [4.69, 9.17) is 4.52 Å². The maximum absolute atomic E-state index is 11.4. The van der Waals surface area contributed by atoms with Crippen molar-refractivity contribution in [3.8, 4) is 11.3 Å². The number of nitrogens with zero attached hydrogens (tertiary/aromatic N) is 4. The van der Waals surface area contributed by atoms with Crippen molar-refractivity contribution in [2.75, 3.05) is 19.3 Å². The summed E-state index contributed by atoms with van der Waals surface area (Å²) in [7, 11) is -1.32. The van der Waals surface area contributed by atoms with Gasteiger partial charge in [0.05, 0.1) is 19.0 Å². The van der Waals surface area contributed by atoms with Crippen molar-refractivity contribution in [2.24, 2.45) is 7.05 Å². The number of hydrogen-bond donors (Lipinski definition) is 1. The summed E-state index contributed by atoms with van der Waals surface area (Å²) in [4.78, 5) is 2.18. The Kier molecular flexibility index (Phi) is 4.51. The number of piperidine rings is 1. The van der Waals surface area contributed by atoms with Crippen LogP contribution in [-0.4, -0.2) is 53.6 Å². The molecule has 0 bridgehead atoms. The van der Waals surface area contributed by atoms with Gasteiger partial charge in [-0.1, -0.05) is 5.16 Å². The van der Waals surface area contributed by atoms with Crippen LogP contribution in [0.4, 0.5) is 0 Å². The molecule has 1 atom stereocenters. The largest absolute Gasteiger partial charge is 0.359 e. The molecule has 9 heteroatoms. The van der Waals surface area contributed by atoms with Gasteiger partial charge in [0.2, 0.25) is 10.0 Å². The van der Waals surface area contributed by atoms with Crippen molar-refractivity contribution in [1.29, 1.82) is 0 Å². The predicted molar refractivity (Wildman–Crippen MR) is 85.0 cm³/mol. The number of aromatic nitrogens is 3. The van der Waals surface area contributed by atoms with Crippen molar-refractivity contribution in [1.82, 2.24) is 24.6 Å². The number of aryl methyl sites for hydroxylation is 1. The highest BCUT2D eigenvalue weighted by molar-refractivity contribution is 7.88. The van der Waals surface area contributed by atoms with E-state index in [1.54, 1.807) is 10.9 Å². The quantitative estimate of drug-likeness (QED) is 0.857. The summed E-state index contributed by atoms with van der Waals surface area (Å²) < 4.78 is 32.5. The molecule has 3 heterocycles. The van der Waals surface area contributed by atoms with Crippen LogP contribution >= 0.6 is 0 Å². The smallest absolute Gasteiger partial charge is 0.208 e. The highest BCUT2D eigenvalue weighted by Crippen LogP contribution is 2.20. The van der Waals surface area contributed by atoms with Gasteiger partial charge in [-0.15, -0.1) is 0 Å². The first kappa shape index (κ1) is 16.2. The van der Waals surface area contributed by atoms with Crippen LogP contribution in [0.3, 0.4) is 0 Å². The fraction of sp³-hybridized carbons (Fsp3) is 0.571. The van der Waals surface area contributed by atoms with Crippen LogP contribution in [0, 0.1) is 0 Å². The fourth-order valence-electron chi connectivity index (χ4n) is 2.90. The molecule has 0 aliphatic carbocycles. The summed E-state index contributed by atoms with van der Waals surface area (Å²) in [6.07, 6.45) is 6.64. The third-order valence-electron chi connectivity index (χ3n) is 3.83. The van der Waals surface area contributed by atoms with Crippen LogP contribution in [-0.2, 0) is 23.6 Å². The van der Waals surface area contributed by atoms with E-state index in [2.05, 4.69) is 19.9 Å². The highest BCUT2D eigenvalue weighted by atomic mass is 32.2. The lowest BCUT2D eigenvalue weighted by atomic mass is 10.1. The molecular formula is C14H21N5O3S. The number of nitrogens with one attached hydrogen (secondary N) is 1. The molecule has 0 unspecified atom stereocenters. The molecule has 8 nitrogen and oxygen atoms in total. The Bertz CT molecular complexity index is 767. The minimum atomic E-state index is -3.17. The molecule has 1 fully saturated rings. The van der Waals surface area contributed by atoms with Crippen molar-refractivity contribution in [3.63, 3.8) is 0 Å². The third kappa shape index (κ3) is 4.40. The molecule has 1 aliphatic heterocycles. The zero-order chi connectivity index (χ0) is 16.4. The summed E-state index contributed by atoms with van der Waals surface area (Å²) in [6, 6.07) is 1.87. The lowest BCUT2D eigenvalue weighted by Gasteiger charge is -2.31. The predicted octanol–water partition coefficient (Wildman–Crippen LogP) is 0.589. The molecule has 1 saturated heterocycles. The second kappa shape index (κ2) is 6.42. The standard InChI is InChI=1S/C14H21N5O3S/c1-18-8-11(7-15-18)14-6-13(22-16-14)10-19-5-3-4-12(9-19)17-23(2,20)21/h6-8,12,17H,3-5,9-10H2,1-2H3/t12-/m1/s1. The van der Waals surface area contributed by atoms with Crippen LogP contribution in [0.1, 0.15) is 18.6 Å². The third-order valence-corrected chi connectivity index (χ3v) is 4.59. The van der Waals surface area contributed by atoms with Crippen LogP contribution in [0.2, 0.25) is 0 Å². The van der Waals surface area contributed by atoms with Crippen molar-refractivity contribution < 1.29 is 12.9 Å². The van der Waals surface area contributed by atoms with E-state index in [0.717, 1.165) is 36.4 Å². The van der Waals surface area contributed by atoms with Crippen molar-refractivity contribution in [2.45, 2.75) is 25.4 Å². The van der Waals surface area contributed by atoms with E-state index in [1.807, 2.05) is 19.3 Å². The lowest BCUT2D eigenvalue weighted by Crippen LogP contribution is -2.46. The van der Waals surface area contributed by atoms with Crippen LogP contribution < -0.4 is 4.72 Å². The first-order chi connectivity index (χ1) is 10.9. The second-order valence-electron chi connectivity index (χ2n) is 6.05. The molecular weight excluding hydrogens is 318 g/mol. The zero-order valence-corrected chi connectivity index (χ0v) is 14.1. The van der Waals surface area contributed by atoms with E-state index in [-0.39, 0.29) is 6.04 Å². The Morgan fingerprint density at radius 2 is 2.30 bits per heavy atom. The van der Waals surface area contributed by atoms with E-state index in [1.165, 1.54) is 6.26 Å². The molecule has 1 N–H and O–H groups in total. The second-order valence-corrected chi connectivity index (χ2v) is 7.83. The van der Waals surface area contributed by atoms with Gasteiger partial charge in [-0.05, 0) is 19.4 Å². The van der Waals surface area contributed by atoms with E-state index in [9.17, 15) is 8.42 Å². The summed E-state index contributed by atoms with van der Waals surface area (Å²) >= 11 is 0. The molecule has 0 saturated carbocycles. The Hall–Kier alpha value is -1.71. The van der Waals surface area contributed by atoms with Crippen LogP contribution in [0.25, 0.3) is 11.3 Å². The van der Waals surface area contributed by atoms with Gasteiger partial charge in [0.1, 0.15) is 5.69 Å². The molecule has 0 aromatic carbocycles. The van der Waals surface area contributed by atoms with Gasteiger partial charge < -0.3 is 4.52 Å². The zero-order valence-electron chi connectivity index (χ0n) is 13.3. The molecule has 23 heavy (non-hydrogen) atoms. The van der Waals surface area contributed by atoms with Crippen LogP contribution in [0.15, 0.2) is 23.0 Å². The fourth-order valence-corrected chi connectivity index (χ4v) is 3.69. The maximum atomic E-state index is 11.4. The van der Waals surface area contributed by atoms with E-state index in [0.29, 0.717) is 13.1 Å². The van der Waals surface area contributed by atoms with Crippen molar-refractivity contribution in [3.05, 3.63) is 24.2 Å². The Labute approximate surface area is 135 Å². The Morgan fingerprint density at radius 1 is 1.48 bits per heavy atom. The molecule has 3 rings (SSSR count). The number of rotatable bonds is 5. The molecule has 1 aliphatic rings. The topological polar surface area (TPSA) is 93.3 Å². The average molecular weight is 339 g/mol.